The summed E-state index contributed by atoms with van der Waals surface area (Å²) in [6.07, 6.45) is -0.786. The maximum atomic E-state index is 13.4. The number of methoxy groups -OCH3 is 1. The maximum absolute atomic E-state index is 13.4. The molecule has 0 aliphatic heterocycles. The van der Waals surface area contributed by atoms with Crippen LogP contribution < -0.4 is 10.6 Å². The lowest BCUT2D eigenvalue weighted by Gasteiger charge is -2.18. The van der Waals surface area contributed by atoms with E-state index in [0.717, 1.165) is 12.1 Å². The van der Waals surface area contributed by atoms with Crippen molar-refractivity contribution >= 4 is 6.03 Å². The molecular weight excluding hydrogens is 282 g/mol. The van der Waals surface area contributed by atoms with E-state index < -0.39 is 29.3 Å². The van der Waals surface area contributed by atoms with Crippen LogP contribution in [0.4, 0.5) is 13.6 Å². The summed E-state index contributed by atoms with van der Waals surface area (Å²) < 4.78 is 31.8. The molecule has 0 aliphatic carbocycles. The molecule has 0 bridgehead atoms. The fourth-order valence-electron chi connectivity index (χ4n) is 1.82. The van der Waals surface area contributed by atoms with Crippen LogP contribution in [0.3, 0.4) is 0 Å². The molecular formula is C14H20F2N2O3. The first-order chi connectivity index (χ1) is 9.99. The van der Waals surface area contributed by atoms with Gasteiger partial charge in [-0.2, -0.15) is 0 Å². The number of nitrogens with one attached hydrogen (secondary N) is 2. The van der Waals surface area contributed by atoms with E-state index >= 15 is 0 Å². The Labute approximate surface area is 122 Å². The minimum Gasteiger partial charge on any atom is -0.386 e. The average Bonchev–Trinajstić information content (AvgIpc) is 2.44. The average molecular weight is 302 g/mol. The molecule has 3 N–H and O–H groups in total. The highest BCUT2D eigenvalue weighted by molar-refractivity contribution is 5.74. The van der Waals surface area contributed by atoms with Gasteiger partial charge in [0.05, 0.1) is 18.2 Å². The molecule has 5 nitrogen and oxygen atoms in total. The first kappa shape index (κ1) is 17.3. The van der Waals surface area contributed by atoms with Gasteiger partial charge in [0.2, 0.25) is 0 Å². The molecule has 0 radical (unpaired) electrons. The van der Waals surface area contributed by atoms with E-state index in [1.54, 1.807) is 0 Å². The zero-order valence-electron chi connectivity index (χ0n) is 12.0. The van der Waals surface area contributed by atoms with Gasteiger partial charge in [0.25, 0.3) is 0 Å². The lowest BCUT2D eigenvalue weighted by molar-refractivity contribution is 0.154. The van der Waals surface area contributed by atoms with Gasteiger partial charge in [0.1, 0.15) is 17.7 Å². The molecule has 2 atom stereocenters. The van der Waals surface area contributed by atoms with E-state index in [1.807, 2.05) is 6.92 Å². The Hall–Kier alpha value is -1.73. The van der Waals surface area contributed by atoms with Crippen LogP contribution in [-0.2, 0) is 4.74 Å². The van der Waals surface area contributed by atoms with Crippen LogP contribution in [0.5, 0.6) is 0 Å². The van der Waals surface area contributed by atoms with Gasteiger partial charge in [-0.3, -0.25) is 0 Å². The van der Waals surface area contributed by atoms with Crippen LogP contribution in [0.2, 0.25) is 0 Å². The van der Waals surface area contributed by atoms with Gasteiger partial charge in [-0.05, 0) is 18.6 Å². The van der Waals surface area contributed by atoms with Gasteiger partial charge in [0.15, 0.2) is 0 Å². The number of carbonyl (C=O) groups excluding carboxylic acids is 1. The van der Waals surface area contributed by atoms with Crippen molar-refractivity contribution in [3.8, 4) is 0 Å². The van der Waals surface area contributed by atoms with Crippen molar-refractivity contribution in [3.05, 3.63) is 35.4 Å². The standard InChI is InChI=1S/C14H20F2N2O3/c1-3-9(8-21-2)18-14(20)17-7-12(19)13-10(15)5-4-6-11(13)16/h4-6,9,12,19H,3,7-8H2,1-2H3,(H2,17,18,20). The quantitative estimate of drug-likeness (QED) is 0.718. The molecule has 0 saturated heterocycles. The monoisotopic (exact) mass is 302 g/mol. The van der Waals surface area contributed by atoms with Crippen LogP contribution in [0.15, 0.2) is 18.2 Å². The summed E-state index contributed by atoms with van der Waals surface area (Å²) in [4.78, 5) is 11.6. The van der Waals surface area contributed by atoms with Crippen molar-refractivity contribution in [2.75, 3.05) is 20.3 Å². The number of amides is 2. The zero-order chi connectivity index (χ0) is 15.8. The molecule has 0 heterocycles. The van der Waals surface area contributed by atoms with Crippen LogP contribution in [0.25, 0.3) is 0 Å². The molecule has 1 aromatic rings. The highest BCUT2D eigenvalue weighted by Gasteiger charge is 2.19. The SMILES string of the molecule is CCC(COC)NC(=O)NCC(O)c1c(F)cccc1F. The first-order valence-electron chi connectivity index (χ1n) is 6.64. The number of hydrogen-bond donors (Lipinski definition) is 3. The lowest BCUT2D eigenvalue weighted by Crippen LogP contribution is -2.45. The number of aliphatic hydroxyl groups excluding tert-OH is 1. The molecule has 7 heteroatoms. The molecule has 2 unspecified atom stereocenters. The van der Waals surface area contributed by atoms with Gasteiger partial charge in [-0.25, -0.2) is 13.6 Å². The number of aliphatic hydroxyl groups is 1. The third kappa shape index (κ3) is 5.28. The number of urea groups is 1. The van der Waals surface area contributed by atoms with Crippen molar-refractivity contribution in [2.45, 2.75) is 25.5 Å². The van der Waals surface area contributed by atoms with Gasteiger partial charge >= 0.3 is 6.03 Å². The van der Waals surface area contributed by atoms with Crippen molar-refractivity contribution < 1.29 is 23.4 Å². The van der Waals surface area contributed by atoms with E-state index in [2.05, 4.69) is 10.6 Å². The van der Waals surface area contributed by atoms with Gasteiger partial charge in [-0.15, -0.1) is 0 Å². The molecule has 0 aliphatic rings. The largest absolute Gasteiger partial charge is 0.386 e. The molecule has 0 spiro atoms. The normalized spacial score (nSPS) is 13.6. The lowest BCUT2D eigenvalue weighted by atomic mass is 10.1. The zero-order valence-corrected chi connectivity index (χ0v) is 12.0. The van der Waals surface area contributed by atoms with E-state index in [1.165, 1.54) is 13.2 Å². The summed E-state index contributed by atoms with van der Waals surface area (Å²) >= 11 is 0. The fraction of sp³-hybridized carbons (Fsp3) is 0.500. The van der Waals surface area contributed by atoms with E-state index in [9.17, 15) is 18.7 Å². The number of rotatable bonds is 7. The van der Waals surface area contributed by atoms with E-state index in [0.29, 0.717) is 13.0 Å². The summed E-state index contributed by atoms with van der Waals surface area (Å²) in [5, 5.41) is 14.8. The summed E-state index contributed by atoms with van der Waals surface area (Å²) in [5.74, 6) is -1.70. The number of halogens is 2. The summed E-state index contributed by atoms with van der Waals surface area (Å²) in [7, 11) is 1.52. The Kier molecular flexibility index (Phi) is 7.04. The Balaban J connectivity index is 2.53. The van der Waals surface area contributed by atoms with Crippen molar-refractivity contribution in [3.63, 3.8) is 0 Å². The second kappa shape index (κ2) is 8.53. The minimum atomic E-state index is -1.46. The molecule has 1 rings (SSSR count). The third-order valence-electron chi connectivity index (χ3n) is 2.98. The number of hydrogen-bond acceptors (Lipinski definition) is 3. The first-order valence-corrected chi connectivity index (χ1v) is 6.64. The molecule has 1 aromatic carbocycles. The molecule has 0 saturated carbocycles. The predicted molar refractivity (Wildman–Crippen MR) is 73.8 cm³/mol. The maximum Gasteiger partial charge on any atom is 0.315 e. The van der Waals surface area contributed by atoms with Crippen molar-refractivity contribution in [1.29, 1.82) is 0 Å². The second-order valence-electron chi connectivity index (χ2n) is 4.57. The summed E-state index contributed by atoms with van der Waals surface area (Å²) in [6, 6.07) is 2.60. The summed E-state index contributed by atoms with van der Waals surface area (Å²) in [5.41, 5.74) is -0.457. The smallest absolute Gasteiger partial charge is 0.315 e. The van der Waals surface area contributed by atoms with E-state index in [-0.39, 0.29) is 12.6 Å². The molecule has 2 amide bonds. The second-order valence-corrected chi connectivity index (χ2v) is 4.57. The molecule has 0 fully saturated rings. The van der Waals surface area contributed by atoms with Crippen LogP contribution in [0, 0.1) is 11.6 Å². The van der Waals surface area contributed by atoms with Gasteiger partial charge in [-0.1, -0.05) is 13.0 Å². The highest BCUT2D eigenvalue weighted by Crippen LogP contribution is 2.19. The van der Waals surface area contributed by atoms with Crippen molar-refractivity contribution in [2.24, 2.45) is 0 Å². The molecule has 0 aromatic heterocycles. The Bertz CT molecular complexity index is 451. The Morgan fingerprint density at radius 1 is 1.38 bits per heavy atom. The molecule has 118 valence electrons. The van der Waals surface area contributed by atoms with Gasteiger partial charge in [0, 0.05) is 13.7 Å². The number of benzene rings is 1. The summed E-state index contributed by atoms with van der Waals surface area (Å²) in [6.45, 7) is 1.94. The van der Waals surface area contributed by atoms with Crippen LogP contribution >= 0.6 is 0 Å². The number of ether oxygens (including phenoxy) is 1. The Morgan fingerprint density at radius 2 is 2.00 bits per heavy atom. The van der Waals surface area contributed by atoms with Crippen LogP contribution in [-0.4, -0.2) is 37.4 Å². The van der Waals surface area contributed by atoms with E-state index in [4.69, 9.17) is 4.74 Å². The van der Waals surface area contributed by atoms with Crippen LogP contribution in [0.1, 0.15) is 25.0 Å². The van der Waals surface area contributed by atoms with Crippen molar-refractivity contribution in [1.82, 2.24) is 10.6 Å². The van der Waals surface area contributed by atoms with Gasteiger partial charge < -0.3 is 20.5 Å². The third-order valence-corrected chi connectivity index (χ3v) is 2.98. The number of carbonyl (C=O) groups is 1. The minimum absolute atomic E-state index is 0.169. The molecule has 21 heavy (non-hydrogen) atoms. The fourth-order valence-corrected chi connectivity index (χ4v) is 1.82. The topological polar surface area (TPSA) is 70.6 Å². The predicted octanol–water partition coefficient (Wildman–Crippen LogP) is 1.72. The highest BCUT2D eigenvalue weighted by atomic mass is 19.1. The Morgan fingerprint density at radius 3 is 2.52 bits per heavy atom.